The predicted molar refractivity (Wildman–Crippen MR) is 127 cm³/mol. The number of nitrogen functional groups attached to an aromatic ring is 1. The number of nitrogens with one attached hydrogen (secondary N) is 1. The lowest BCUT2D eigenvalue weighted by Gasteiger charge is -2.34. The molecule has 170 valence electrons. The second-order valence-electron chi connectivity index (χ2n) is 7.53. The lowest BCUT2D eigenvalue weighted by Crippen LogP contribution is -2.53. The number of piperazine rings is 1. The van der Waals surface area contributed by atoms with E-state index in [0.29, 0.717) is 35.3 Å². The third-order valence-electron chi connectivity index (χ3n) is 5.13. The Hall–Kier alpha value is -3.50. The van der Waals surface area contributed by atoms with Crippen molar-refractivity contribution in [2.75, 3.05) is 25.4 Å². The average Bonchev–Trinajstić information content (AvgIpc) is 3.18. The van der Waals surface area contributed by atoms with Crippen molar-refractivity contribution in [3.63, 3.8) is 0 Å². The Kier molecular flexibility index (Phi) is 6.57. The highest BCUT2D eigenvalue weighted by atomic mass is 35.5. The summed E-state index contributed by atoms with van der Waals surface area (Å²) in [7, 11) is 0. The van der Waals surface area contributed by atoms with E-state index in [9.17, 15) is 14.4 Å². The highest BCUT2D eigenvalue weighted by Crippen LogP contribution is 2.24. The largest absolute Gasteiger partial charge is 0.383 e. The van der Waals surface area contributed by atoms with Crippen LogP contribution in [0.25, 0.3) is 17.0 Å². The summed E-state index contributed by atoms with van der Waals surface area (Å²) in [4.78, 5) is 49.5. The molecule has 3 aromatic rings. The van der Waals surface area contributed by atoms with Crippen molar-refractivity contribution in [3.05, 3.63) is 57.1 Å². The number of amides is 3. The number of nitrogens with zero attached hydrogens (tertiary/aromatic N) is 4. The first kappa shape index (κ1) is 22.7. The Bertz CT molecular complexity index is 1270. The molecule has 0 aliphatic carbocycles. The van der Waals surface area contributed by atoms with Crippen molar-refractivity contribution in [2.45, 2.75) is 13.5 Å². The van der Waals surface area contributed by atoms with Gasteiger partial charge >= 0.3 is 0 Å². The minimum atomic E-state index is -0.416. The molecule has 1 aliphatic heterocycles. The maximum atomic E-state index is 13.1. The molecule has 33 heavy (non-hydrogen) atoms. The molecule has 1 aromatic carbocycles. The van der Waals surface area contributed by atoms with E-state index in [1.165, 1.54) is 29.5 Å². The number of hydrogen-bond acceptors (Lipinski definition) is 7. The molecule has 1 fully saturated rings. The fourth-order valence-corrected chi connectivity index (χ4v) is 4.55. The summed E-state index contributed by atoms with van der Waals surface area (Å²) in [5, 5.41) is 3.33. The van der Waals surface area contributed by atoms with E-state index in [0.717, 1.165) is 15.8 Å². The number of nitrogens with two attached hydrogens (primary N) is 1. The van der Waals surface area contributed by atoms with Gasteiger partial charge in [0.05, 0.1) is 9.85 Å². The smallest absolute Gasteiger partial charge is 0.270 e. The van der Waals surface area contributed by atoms with Crippen LogP contribution in [0.2, 0.25) is 4.34 Å². The zero-order chi connectivity index (χ0) is 23.5. The highest BCUT2D eigenvalue weighted by molar-refractivity contribution is 7.17. The molecule has 0 bridgehead atoms. The fraction of sp³-hybridized carbons (Fsp3) is 0.227. The van der Waals surface area contributed by atoms with Crippen molar-refractivity contribution >= 4 is 63.5 Å². The lowest BCUT2D eigenvalue weighted by atomic mass is 10.1. The van der Waals surface area contributed by atoms with Crippen molar-refractivity contribution in [3.8, 4) is 0 Å². The van der Waals surface area contributed by atoms with Gasteiger partial charge in [-0.05, 0) is 35.9 Å². The minimum Gasteiger partial charge on any atom is -0.383 e. The van der Waals surface area contributed by atoms with Crippen molar-refractivity contribution in [1.82, 2.24) is 25.1 Å². The first-order valence-corrected chi connectivity index (χ1v) is 11.3. The Morgan fingerprint density at radius 3 is 2.76 bits per heavy atom. The van der Waals surface area contributed by atoms with Crippen LogP contribution in [0.1, 0.15) is 17.4 Å². The number of aromatic nitrogens is 2. The van der Waals surface area contributed by atoms with E-state index < -0.39 is 5.91 Å². The number of benzene rings is 1. The first-order chi connectivity index (χ1) is 15.8. The summed E-state index contributed by atoms with van der Waals surface area (Å²) in [6, 6.07) is 9.07. The maximum absolute atomic E-state index is 13.1. The molecule has 11 heteroatoms. The summed E-state index contributed by atoms with van der Waals surface area (Å²) < 4.78 is 0.572. The van der Waals surface area contributed by atoms with Gasteiger partial charge in [0.1, 0.15) is 24.4 Å². The molecule has 0 saturated carbocycles. The molecular weight excluding hydrogens is 464 g/mol. The number of thiophene rings is 1. The topological polar surface area (TPSA) is 122 Å². The zero-order valence-electron chi connectivity index (χ0n) is 17.7. The van der Waals surface area contributed by atoms with E-state index in [2.05, 4.69) is 15.3 Å². The van der Waals surface area contributed by atoms with Gasteiger partial charge < -0.3 is 20.9 Å². The average molecular weight is 485 g/mol. The predicted octanol–water partition coefficient (Wildman–Crippen LogP) is 2.27. The lowest BCUT2D eigenvalue weighted by molar-refractivity contribution is -0.144. The third-order valence-corrected chi connectivity index (χ3v) is 6.31. The van der Waals surface area contributed by atoms with Gasteiger partial charge in [-0.25, -0.2) is 9.97 Å². The summed E-state index contributed by atoms with van der Waals surface area (Å²) in [5.74, 6) is -0.565. The van der Waals surface area contributed by atoms with Gasteiger partial charge in [-0.3, -0.25) is 14.4 Å². The summed E-state index contributed by atoms with van der Waals surface area (Å²) in [6.07, 6.45) is 2.97. The molecule has 0 unspecified atom stereocenters. The second kappa shape index (κ2) is 9.55. The molecule has 4 rings (SSSR count). The molecule has 3 heterocycles. The SMILES string of the molecule is CC(=O)NC(=Cc1ccc(Cl)s1)C(=O)N1CCN(Cc2ccc3c(N)ncnc3c2)C(=O)C1. The van der Waals surface area contributed by atoms with Crippen LogP contribution in [0.5, 0.6) is 0 Å². The van der Waals surface area contributed by atoms with Gasteiger partial charge in [0.2, 0.25) is 11.8 Å². The van der Waals surface area contributed by atoms with Crippen molar-refractivity contribution in [1.29, 1.82) is 0 Å². The molecule has 0 spiro atoms. The standard InChI is InChI=1S/C22H21ClN6O3S/c1-13(30)27-18(9-15-3-5-19(23)33-15)22(32)29-7-6-28(20(31)11-29)10-14-2-4-16-17(8-14)25-12-26-21(16)24/h2-5,8-9,12H,6-7,10-11H2,1H3,(H,27,30)(H2,24,25,26). The molecule has 1 aliphatic rings. The Morgan fingerprint density at radius 2 is 2.06 bits per heavy atom. The number of carbonyl (C=O) groups excluding carboxylic acids is 3. The molecule has 9 nitrogen and oxygen atoms in total. The quantitative estimate of drug-likeness (QED) is 0.536. The molecule has 3 amide bonds. The summed E-state index contributed by atoms with van der Waals surface area (Å²) in [5.41, 5.74) is 7.59. The minimum absolute atomic E-state index is 0.0797. The summed E-state index contributed by atoms with van der Waals surface area (Å²) >= 11 is 7.25. The highest BCUT2D eigenvalue weighted by Gasteiger charge is 2.29. The van der Waals surface area contributed by atoms with E-state index in [4.69, 9.17) is 17.3 Å². The van der Waals surface area contributed by atoms with E-state index in [-0.39, 0.29) is 24.1 Å². The molecule has 3 N–H and O–H groups in total. The molecule has 0 radical (unpaired) electrons. The Morgan fingerprint density at radius 1 is 1.24 bits per heavy atom. The van der Waals surface area contributed by atoms with Gasteiger partial charge in [-0.2, -0.15) is 0 Å². The van der Waals surface area contributed by atoms with Crippen LogP contribution in [-0.4, -0.2) is 57.1 Å². The number of rotatable bonds is 5. The van der Waals surface area contributed by atoms with Crippen molar-refractivity contribution in [2.24, 2.45) is 0 Å². The second-order valence-corrected chi connectivity index (χ2v) is 9.28. The molecule has 2 aromatic heterocycles. The normalized spacial score (nSPS) is 14.6. The number of hydrogen-bond donors (Lipinski definition) is 2. The molecule has 1 saturated heterocycles. The van der Waals surface area contributed by atoms with Gasteiger partial charge in [0.25, 0.3) is 5.91 Å². The Balaban J connectivity index is 1.45. The van der Waals surface area contributed by atoms with Crippen LogP contribution in [0.15, 0.2) is 42.4 Å². The van der Waals surface area contributed by atoms with E-state index >= 15 is 0 Å². The van der Waals surface area contributed by atoms with Crippen molar-refractivity contribution < 1.29 is 14.4 Å². The number of anilines is 1. The molecular formula is C22H21ClN6O3S. The van der Waals surface area contributed by atoms with Crippen LogP contribution in [0, 0.1) is 0 Å². The maximum Gasteiger partial charge on any atom is 0.270 e. The van der Waals surface area contributed by atoms with Crippen LogP contribution >= 0.6 is 22.9 Å². The van der Waals surface area contributed by atoms with E-state index in [1.54, 1.807) is 23.1 Å². The van der Waals surface area contributed by atoms with Crippen LogP contribution in [-0.2, 0) is 20.9 Å². The third kappa shape index (κ3) is 5.29. The molecule has 0 atom stereocenters. The van der Waals surface area contributed by atoms with E-state index in [1.807, 2.05) is 18.2 Å². The van der Waals surface area contributed by atoms with Gasteiger partial charge in [0.15, 0.2) is 0 Å². The van der Waals surface area contributed by atoms with Gasteiger partial charge in [0, 0.05) is 36.8 Å². The monoisotopic (exact) mass is 484 g/mol. The van der Waals surface area contributed by atoms with Crippen LogP contribution < -0.4 is 11.1 Å². The van der Waals surface area contributed by atoms with Gasteiger partial charge in [-0.15, -0.1) is 11.3 Å². The number of fused-ring (bicyclic) bond motifs is 1. The summed E-state index contributed by atoms with van der Waals surface area (Å²) in [6.45, 7) is 2.35. The number of carbonyl (C=O) groups is 3. The number of halogens is 1. The van der Waals surface area contributed by atoms with Crippen LogP contribution in [0.4, 0.5) is 5.82 Å². The zero-order valence-corrected chi connectivity index (χ0v) is 19.3. The fourth-order valence-electron chi connectivity index (χ4n) is 3.55. The van der Waals surface area contributed by atoms with Crippen LogP contribution in [0.3, 0.4) is 0 Å². The van der Waals surface area contributed by atoms with Gasteiger partial charge in [-0.1, -0.05) is 17.7 Å². The first-order valence-electron chi connectivity index (χ1n) is 10.1. The Labute approximate surface area is 198 Å².